The third-order valence-electron chi connectivity index (χ3n) is 4.02. The normalized spacial score (nSPS) is 15.7. The Morgan fingerprint density at radius 1 is 1.43 bits per heavy atom. The highest BCUT2D eigenvalue weighted by Gasteiger charge is 2.27. The number of aromatic nitrogens is 1. The molecule has 0 unspecified atom stereocenters. The van der Waals surface area contributed by atoms with Crippen molar-refractivity contribution in [1.29, 1.82) is 0 Å². The van der Waals surface area contributed by atoms with E-state index >= 15 is 0 Å². The molecule has 0 atom stereocenters. The smallest absolute Gasteiger partial charge is 0.254 e. The average Bonchev–Trinajstić information content (AvgIpc) is 3.11. The van der Waals surface area contributed by atoms with Gasteiger partial charge in [-0.3, -0.25) is 4.79 Å². The molecule has 1 fully saturated rings. The maximum atomic E-state index is 12.7. The summed E-state index contributed by atoms with van der Waals surface area (Å²) >= 11 is 1.39. The largest absolute Gasteiger partial charge is 0.395 e. The van der Waals surface area contributed by atoms with Crippen LogP contribution in [0.2, 0.25) is 0 Å². The van der Waals surface area contributed by atoms with Crippen LogP contribution in [-0.2, 0) is 0 Å². The molecule has 1 heterocycles. The van der Waals surface area contributed by atoms with Gasteiger partial charge >= 0.3 is 0 Å². The lowest BCUT2D eigenvalue weighted by Crippen LogP contribution is -2.40. The summed E-state index contributed by atoms with van der Waals surface area (Å²) in [5, 5.41) is 9.76. The van der Waals surface area contributed by atoms with Crippen molar-refractivity contribution in [1.82, 2.24) is 9.88 Å². The number of hydrogen-bond donors (Lipinski definition) is 2. The molecule has 1 saturated carbocycles. The Morgan fingerprint density at radius 3 is 2.90 bits per heavy atom. The molecule has 0 aliphatic heterocycles. The summed E-state index contributed by atoms with van der Waals surface area (Å²) in [6, 6.07) is 5.74. The number of benzene rings is 1. The zero-order chi connectivity index (χ0) is 14.8. The van der Waals surface area contributed by atoms with Crippen molar-refractivity contribution < 1.29 is 9.90 Å². The minimum Gasteiger partial charge on any atom is -0.395 e. The molecule has 112 valence electrons. The van der Waals surface area contributed by atoms with Crippen molar-refractivity contribution in [3.05, 3.63) is 23.8 Å². The summed E-state index contributed by atoms with van der Waals surface area (Å²) < 4.78 is 0.925. The Balaban J connectivity index is 1.88. The molecule has 1 aromatic heterocycles. The molecule has 0 bridgehead atoms. The van der Waals surface area contributed by atoms with Crippen LogP contribution in [0.3, 0.4) is 0 Å². The van der Waals surface area contributed by atoms with Gasteiger partial charge in [-0.25, -0.2) is 4.98 Å². The van der Waals surface area contributed by atoms with E-state index in [0.717, 1.165) is 35.9 Å². The SMILES string of the molecule is Nc1nc2ccc(C(=O)N(CCO)C3CCCC3)cc2s1. The molecule has 1 aliphatic carbocycles. The highest BCUT2D eigenvalue weighted by atomic mass is 32.1. The lowest BCUT2D eigenvalue weighted by Gasteiger charge is -2.28. The molecule has 2 aromatic rings. The molecule has 0 spiro atoms. The number of nitrogens with zero attached hydrogens (tertiary/aromatic N) is 2. The average molecular weight is 305 g/mol. The Hall–Kier alpha value is -1.66. The van der Waals surface area contributed by atoms with Crippen LogP contribution in [0.1, 0.15) is 36.0 Å². The summed E-state index contributed by atoms with van der Waals surface area (Å²) in [7, 11) is 0. The van der Waals surface area contributed by atoms with Crippen LogP contribution in [0.4, 0.5) is 5.13 Å². The van der Waals surface area contributed by atoms with Gasteiger partial charge in [0.1, 0.15) is 0 Å². The van der Waals surface area contributed by atoms with Gasteiger partial charge < -0.3 is 15.7 Å². The highest BCUT2D eigenvalue weighted by Crippen LogP contribution is 2.28. The standard InChI is InChI=1S/C15H19N3O2S/c16-15-17-12-6-5-10(9-13(12)21-15)14(20)18(7-8-19)11-3-1-2-4-11/h5-6,9,11,19H,1-4,7-8H2,(H2,16,17). The number of aliphatic hydroxyl groups is 1. The predicted octanol–water partition coefficient (Wildman–Crippen LogP) is 2.26. The van der Waals surface area contributed by atoms with Crippen molar-refractivity contribution in [2.75, 3.05) is 18.9 Å². The number of amides is 1. The Morgan fingerprint density at radius 2 is 2.19 bits per heavy atom. The van der Waals surface area contributed by atoms with Crippen LogP contribution in [0.15, 0.2) is 18.2 Å². The molecule has 3 N–H and O–H groups in total. The van der Waals surface area contributed by atoms with Crippen molar-refractivity contribution in [3.8, 4) is 0 Å². The molecular formula is C15H19N3O2S. The molecular weight excluding hydrogens is 286 g/mol. The van der Waals surface area contributed by atoms with E-state index in [1.807, 2.05) is 17.0 Å². The monoisotopic (exact) mass is 305 g/mol. The number of fused-ring (bicyclic) bond motifs is 1. The van der Waals surface area contributed by atoms with Gasteiger partial charge in [0.2, 0.25) is 0 Å². The van der Waals surface area contributed by atoms with Crippen molar-refractivity contribution in [2.24, 2.45) is 0 Å². The zero-order valence-corrected chi connectivity index (χ0v) is 12.6. The maximum Gasteiger partial charge on any atom is 0.254 e. The number of nitrogens with two attached hydrogens (primary N) is 1. The summed E-state index contributed by atoms with van der Waals surface area (Å²) in [4.78, 5) is 18.8. The molecule has 5 nitrogen and oxygen atoms in total. The molecule has 1 amide bonds. The maximum absolute atomic E-state index is 12.7. The molecule has 0 saturated heterocycles. The van der Waals surface area contributed by atoms with Gasteiger partial charge in [0, 0.05) is 18.2 Å². The van der Waals surface area contributed by atoms with Gasteiger partial charge in [-0.2, -0.15) is 0 Å². The van der Waals surface area contributed by atoms with Gasteiger partial charge in [0.05, 0.1) is 16.8 Å². The Bertz CT molecular complexity index is 649. The number of carbonyl (C=O) groups excluding carboxylic acids is 1. The third kappa shape index (κ3) is 2.87. The van der Waals surface area contributed by atoms with E-state index in [0.29, 0.717) is 17.2 Å². The second kappa shape index (κ2) is 5.99. The van der Waals surface area contributed by atoms with Gasteiger partial charge in [-0.05, 0) is 31.0 Å². The lowest BCUT2D eigenvalue weighted by atomic mass is 10.1. The number of aliphatic hydroxyl groups excluding tert-OH is 1. The van der Waals surface area contributed by atoms with E-state index in [4.69, 9.17) is 5.73 Å². The number of anilines is 1. The van der Waals surface area contributed by atoms with E-state index in [1.54, 1.807) is 6.07 Å². The first-order chi connectivity index (χ1) is 10.2. The van der Waals surface area contributed by atoms with Crippen LogP contribution in [-0.4, -0.2) is 40.1 Å². The molecule has 1 aliphatic rings. The van der Waals surface area contributed by atoms with Crippen LogP contribution >= 0.6 is 11.3 Å². The molecule has 1 aromatic carbocycles. The molecule has 0 radical (unpaired) electrons. The number of hydrogen-bond acceptors (Lipinski definition) is 5. The van der Waals surface area contributed by atoms with E-state index < -0.39 is 0 Å². The Kier molecular flexibility index (Phi) is 4.07. The number of carbonyl (C=O) groups is 1. The van der Waals surface area contributed by atoms with Crippen LogP contribution < -0.4 is 5.73 Å². The first-order valence-electron chi connectivity index (χ1n) is 7.27. The third-order valence-corrected chi connectivity index (χ3v) is 4.87. The van der Waals surface area contributed by atoms with E-state index in [2.05, 4.69) is 4.98 Å². The second-order valence-electron chi connectivity index (χ2n) is 5.40. The fourth-order valence-electron chi connectivity index (χ4n) is 3.01. The number of nitrogen functional groups attached to an aromatic ring is 1. The first-order valence-corrected chi connectivity index (χ1v) is 8.08. The van der Waals surface area contributed by atoms with E-state index in [-0.39, 0.29) is 18.6 Å². The van der Waals surface area contributed by atoms with Gasteiger partial charge in [-0.15, -0.1) is 0 Å². The molecule has 3 rings (SSSR count). The number of thiazole rings is 1. The van der Waals surface area contributed by atoms with Gasteiger partial charge in [-0.1, -0.05) is 24.2 Å². The van der Waals surface area contributed by atoms with E-state index in [1.165, 1.54) is 11.3 Å². The summed E-state index contributed by atoms with van der Waals surface area (Å²) in [6.45, 7) is 0.393. The predicted molar refractivity (Wildman–Crippen MR) is 84.4 cm³/mol. The van der Waals surface area contributed by atoms with Gasteiger partial charge in [0.25, 0.3) is 5.91 Å². The molecule has 21 heavy (non-hydrogen) atoms. The zero-order valence-electron chi connectivity index (χ0n) is 11.8. The second-order valence-corrected chi connectivity index (χ2v) is 6.46. The topological polar surface area (TPSA) is 79.5 Å². The number of rotatable bonds is 4. The summed E-state index contributed by atoms with van der Waals surface area (Å²) in [5.41, 5.74) is 7.17. The van der Waals surface area contributed by atoms with Gasteiger partial charge in [0.15, 0.2) is 5.13 Å². The first kappa shape index (κ1) is 14.3. The lowest BCUT2D eigenvalue weighted by molar-refractivity contribution is 0.0638. The van der Waals surface area contributed by atoms with Crippen molar-refractivity contribution in [2.45, 2.75) is 31.7 Å². The van der Waals surface area contributed by atoms with E-state index in [9.17, 15) is 9.90 Å². The van der Waals surface area contributed by atoms with Crippen LogP contribution in [0, 0.1) is 0 Å². The minimum atomic E-state index is -0.00942. The minimum absolute atomic E-state index is 0.00199. The fraction of sp³-hybridized carbons (Fsp3) is 0.467. The fourth-order valence-corrected chi connectivity index (χ4v) is 3.79. The highest BCUT2D eigenvalue weighted by molar-refractivity contribution is 7.22. The van der Waals surface area contributed by atoms with Crippen LogP contribution in [0.5, 0.6) is 0 Å². The molecule has 6 heteroatoms. The van der Waals surface area contributed by atoms with Crippen molar-refractivity contribution in [3.63, 3.8) is 0 Å². The summed E-state index contributed by atoms with van der Waals surface area (Å²) in [5.74, 6) is -0.00942. The summed E-state index contributed by atoms with van der Waals surface area (Å²) in [6.07, 6.45) is 4.37. The van der Waals surface area contributed by atoms with Crippen molar-refractivity contribution >= 4 is 32.6 Å². The van der Waals surface area contributed by atoms with Crippen LogP contribution in [0.25, 0.3) is 10.2 Å². The Labute approximate surface area is 127 Å². The quantitative estimate of drug-likeness (QED) is 0.908.